The number of amides is 1. The van der Waals surface area contributed by atoms with E-state index in [2.05, 4.69) is 0 Å². The Morgan fingerprint density at radius 3 is 2.52 bits per heavy atom. The maximum Gasteiger partial charge on any atom is 0.295 e. The summed E-state index contributed by atoms with van der Waals surface area (Å²) < 4.78 is 11.0. The monoisotopic (exact) mass is 398 g/mol. The number of furan rings is 1. The molecule has 1 N–H and O–H groups in total. The lowest BCUT2D eigenvalue weighted by Crippen LogP contribution is -3.06. The van der Waals surface area contributed by atoms with Gasteiger partial charge in [0, 0.05) is 5.57 Å². The number of ether oxygens (including phenoxy) is 1. The Morgan fingerprint density at radius 2 is 1.93 bits per heavy atom. The van der Waals surface area contributed by atoms with E-state index < -0.39 is 23.5 Å². The first-order valence-corrected chi connectivity index (χ1v) is 9.76. The molecular formula is C22H26N2O5. The fourth-order valence-electron chi connectivity index (χ4n) is 3.27. The predicted octanol–water partition coefficient (Wildman–Crippen LogP) is 0.437. The Morgan fingerprint density at radius 1 is 1.21 bits per heavy atom. The fourth-order valence-corrected chi connectivity index (χ4v) is 3.27. The van der Waals surface area contributed by atoms with Crippen molar-refractivity contribution in [3.8, 4) is 5.75 Å². The number of carbonyl (C=O) groups is 2. The molecule has 29 heavy (non-hydrogen) atoms. The molecule has 7 heteroatoms. The molecule has 2 aromatic rings. The van der Waals surface area contributed by atoms with Crippen molar-refractivity contribution in [1.29, 1.82) is 0 Å². The summed E-state index contributed by atoms with van der Waals surface area (Å²) in [5.74, 6) is -0.841. The number of Topliss-reactive ketones (excluding diaryl/α,β-unsaturated/α-hetero) is 1. The van der Waals surface area contributed by atoms with E-state index in [9.17, 15) is 14.7 Å². The van der Waals surface area contributed by atoms with Crippen LogP contribution in [0, 0.1) is 0 Å². The van der Waals surface area contributed by atoms with Gasteiger partial charge in [0.1, 0.15) is 17.6 Å². The van der Waals surface area contributed by atoms with Crippen LogP contribution in [0.25, 0.3) is 5.76 Å². The number of hydrogen-bond donors (Lipinski definition) is 1. The molecule has 1 aromatic carbocycles. The van der Waals surface area contributed by atoms with E-state index in [0.717, 1.165) is 11.3 Å². The second-order valence-corrected chi connectivity index (χ2v) is 7.32. The Kier molecular flexibility index (Phi) is 6.39. The average molecular weight is 398 g/mol. The number of rotatable bonds is 8. The minimum absolute atomic E-state index is 0.0686. The third kappa shape index (κ3) is 4.35. The number of quaternary nitrogens is 1. The number of hydrogen-bond acceptors (Lipinski definition) is 5. The maximum absolute atomic E-state index is 13.2. The second-order valence-electron chi connectivity index (χ2n) is 7.32. The topological polar surface area (TPSA) is 87.2 Å². The van der Waals surface area contributed by atoms with E-state index in [-0.39, 0.29) is 5.57 Å². The number of ketones is 1. The molecule has 3 rings (SSSR count). The predicted molar refractivity (Wildman–Crippen MR) is 105 cm³/mol. The van der Waals surface area contributed by atoms with E-state index in [0.29, 0.717) is 36.8 Å². The molecule has 1 aliphatic heterocycles. The molecule has 154 valence electrons. The van der Waals surface area contributed by atoms with Crippen LogP contribution in [0.4, 0.5) is 0 Å². The molecule has 0 bridgehead atoms. The molecule has 0 aliphatic carbocycles. The highest BCUT2D eigenvalue weighted by Gasteiger charge is 2.45. The van der Waals surface area contributed by atoms with Crippen LogP contribution in [-0.2, 0) is 9.59 Å². The molecule has 7 nitrogen and oxygen atoms in total. The van der Waals surface area contributed by atoms with Gasteiger partial charge in [0.2, 0.25) is 5.78 Å². The van der Waals surface area contributed by atoms with Gasteiger partial charge in [-0.05, 0) is 36.2 Å². The van der Waals surface area contributed by atoms with Crippen molar-refractivity contribution >= 4 is 17.4 Å². The molecule has 1 unspecified atom stereocenters. The number of nitrogens with zero attached hydrogens (tertiary/aromatic N) is 1. The molecule has 0 radical (unpaired) electrons. The molecule has 2 heterocycles. The summed E-state index contributed by atoms with van der Waals surface area (Å²) in [6.45, 7) is 3.58. The van der Waals surface area contributed by atoms with Crippen molar-refractivity contribution < 1.29 is 28.7 Å². The normalized spacial score (nSPS) is 18.6. The van der Waals surface area contributed by atoms with Crippen LogP contribution in [-0.4, -0.2) is 50.4 Å². The quantitative estimate of drug-likeness (QED) is 0.396. The molecule has 1 fully saturated rings. The van der Waals surface area contributed by atoms with Crippen LogP contribution < -0.4 is 14.7 Å². The largest absolute Gasteiger partial charge is 0.872 e. The number of likely N-dealkylation sites (N-methyl/N-ethyl adjacent to an activating group) is 1. The summed E-state index contributed by atoms with van der Waals surface area (Å²) in [5, 5.41) is 13.2. The first-order chi connectivity index (χ1) is 13.9. The van der Waals surface area contributed by atoms with Gasteiger partial charge in [-0.2, -0.15) is 0 Å². The molecule has 1 saturated heterocycles. The standard InChI is InChI=1S/C22H26N2O5/c1-4-13-28-16-9-7-15(8-10-16)20(25)18-19(17-6-5-14-29-17)24(12-11-23(2)3)22(27)21(18)26/h5-10,14,19,25H,4,11-13H2,1-3H3. The van der Waals surface area contributed by atoms with Gasteiger partial charge in [-0.3, -0.25) is 9.59 Å². The van der Waals surface area contributed by atoms with Gasteiger partial charge in [0.05, 0.1) is 40.1 Å². The molecular weight excluding hydrogens is 372 g/mol. The van der Waals surface area contributed by atoms with Crippen molar-refractivity contribution in [3.63, 3.8) is 0 Å². The van der Waals surface area contributed by atoms with Gasteiger partial charge in [0.15, 0.2) is 0 Å². The number of benzene rings is 1. The highest BCUT2D eigenvalue weighted by atomic mass is 16.5. The third-order valence-corrected chi connectivity index (χ3v) is 4.78. The zero-order chi connectivity index (χ0) is 21.0. The van der Waals surface area contributed by atoms with E-state index in [1.807, 2.05) is 21.0 Å². The first kappa shape index (κ1) is 20.7. The van der Waals surface area contributed by atoms with E-state index in [4.69, 9.17) is 9.15 Å². The average Bonchev–Trinajstić information content (AvgIpc) is 3.32. The highest BCUT2D eigenvalue weighted by Crippen LogP contribution is 2.38. The van der Waals surface area contributed by atoms with Gasteiger partial charge in [-0.25, -0.2) is 0 Å². The smallest absolute Gasteiger partial charge is 0.295 e. The van der Waals surface area contributed by atoms with Gasteiger partial charge in [-0.15, -0.1) is 0 Å². The Balaban J connectivity index is 1.99. The summed E-state index contributed by atoms with van der Waals surface area (Å²) in [4.78, 5) is 28.0. The van der Waals surface area contributed by atoms with Crippen molar-refractivity contribution in [3.05, 3.63) is 59.6 Å². The summed E-state index contributed by atoms with van der Waals surface area (Å²) in [6.07, 6.45) is 2.35. The summed E-state index contributed by atoms with van der Waals surface area (Å²) in [5.41, 5.74) is 0.266. The van der Waals surface area contributed by atoms with Crippen LogP contribution in [0.5, 0.6) is 5.75 Å². The zero-order valence-corrected chi connectivity index (χ0v) is 16.9. The highest BCUT2D eigenvalue weighted by molar-refractivity contribution is 6.46. The van der Waals surface area contributed by atoms with Crippen molar-refractivity contribution in [2.75, 3.05) is 33.8 Å². The molecule has 1 aliphatic rings. The summed E-state index contributed by atoms with van der Waals surface area (Å²) in [6, 6.07) is 9.17. The Labute approximate surface area is 170 Å². The van der Waals surface area contributed by atoms with Crippen LogP contribution in [0.1, 0.15) is 30.7 Å². The molecule has 1 aromatic heterocycles. The van der Waals surface area contributed by atoms with E-state index in [1.165, 1.54) is 11.2 Å². The lowest BCUT2D eigenvalue weighted by atomic mass is 9.99. The number of likely N-dealkylation sites (tertiary alicyclic amines) is 1. The Bertz CT molecular complexity index is 884. The molecule has 0 saturated carbocycles. The lowest BCUT2D eigenvalue weighted by Gasteiger charge is -2.25. The van der Waals surface area contributed by atoms with Gasteiger partial charge in [-0.1, -0.05) is 24.8 Å². The van der Waals surface area contributed by atoms with Crippen LogP contribution in [0.2, 0.25) is 0 Å². The van der Waals surface area contributed by atoms with Crippen molar-refractivity contribution in [2.24, 2.45) is 0 Å². The minimum atomic E-state index is -0.812. The van der Waals surface area contributed by atoms with Gasteiger partial charge < -0.3 is 24.1 Å². The SMILES string of the molecule is CCCOc1ccc(C([O-])=C2C(=O)C(=O)N(CC[NH+](C)C)C2c2ccco2)cc1. The van der Waals surface area contributed by atoms with Crippen LogP contribution in [0.3, 0.4) is 0 Å². The second kappa shape index (κ2) is 8.96. The summed E-state index contributed by atoms with van der Waals surface area (Å²) in [7, 11) is 3.92. The van der Waals surface area contributed by atoms with E-state index >= 15 is 0 Å². The van der Waals surface area contributed by atoms with Gasteiger partial charge in [0.25, 0.3) is 5.91 Å². The Hall–Kier alpha value is -3.06. The maximum atomic E-state index is 13.2. The van der Waals surface area contributed by atoms with Crippen molar-refractivity contribution in [1.82, 2.24) is 4.90 Å². The molecule has 0 spiro atoms. The van der Waals surface area contributed by atoms with Crippen molar-refractivity contribution in [2.45, 2.75) is 19.4 Å². The van der Waals surface area contributed by atoms with E-state index in [1.54, 1.807) is 36.4 Å². The number of carbonyl (C=O) groups excluding carboxylic acids is 2. The number of nitrogens with one attached hydrogen (secondary N) is 1. The molecule has 1 atom stereocenters. The molecule has 1 amide bonds. The van der Waals surface area contributed by atoms with Crippen LogP contribution in [0.15, 0.2) is 52.7 Å². The summed E-state index contributed by atoms with van der Waals surface area (Å²) >= 11 is 0. The zero-order valence-electron chi connectivity index (χ0n) is 16.9. The minimum Gasteiger partial charge on any atom is -0.872 e. The fraction of sp³-hybridized carbons (Fsp3) is 0.364. The lowest BCUT2D eigenvalue weighted by molar-refractivity contribution is -0.857. The first-order valence-electron chi connectivity index (χ1n) is 9.76. The van der Waals surface area contributed by atoms with Gasteiger partial charge >= 0.3 is 0 Å². The third-order valence-electron chi connectivity index (χ3n) is 4.78. The van der Waals surface area contributed by atoms with Crippen LogP contribution >= 0.6 is 0 Å².